The minimum Gasteiger partial charge on any atom is -0.310 e. The van der Waals surface area contributed by atoms with E-state index in [1.807, 2.05) is 22.7 Å². The lowest BCUT2D eigenvalue weighted by Crippen LogP contribution is -2.15. The Morgan fingerprint density at radius 2 is 0.942 bits per heavy atom. The van der Waals surface area contributed by atoms with Crippen molar-refractivity contribution in [2.75, 3.05) is 4.90 Å². The fourth-order valence-electron chi connectivity index (χ4n) is 8.73. The number of benzene rings is 8. The van der Waals surface area contributed by atoms with Gasteiger partial charge in [-0.2, -0.15) is 0 Å². The van der Waals surface area contributed by atoms with Crippen LogP contribution in [0.4, 0.5) is 17.1 Å². The van der Waals surface area contributed by atoms with Crippen molar-refractivity contribution in [3.8, 4) is 22.3 Å². The topological polar surface area (TPSA) is 3.24 Å². The third-order valence-corrected chi connectivity index (χ3v) is 13.6. The van der Waals surface area contributed by atoms with Gasteiger partial charge in [-0.1, -0.05) is 129 Å². The molecule has 0 saturated carbocycles. The molecule has 2 aromatic heterocycles. The minimum absolute atomic E-state index is 0.0349. The second-order valence-electron chi connectivity index (χ2n) is 14.5. The van der Waals surface area contributed by atoms with Crippen LogP contribution in [0.1, 0.15) is 25.0 Å². The van der Waals surface area contributed by atoms with Gasteiger partial charge in [-0.3, -0.25) is 0 Å². The van der Waals surface area contributed by atoms with Crippen LogP contribution in [0.15, 0.2) is 164 Å². The molecule has 52 heavy (non-hydrogen) atoms. The predicted octanol–water partition coefficient (Wildman–Crippen LogP) is 15.0. The van der Waals surface area contributed by atoms with Crippen LogP contribution in [-0.2, 0) is 5.41 Å². The van der Waals surface area contributed by atoms with Crippen molar-refractivity contribution in [1.82, 2.24) is 0 Å². The van der Waals surface area contributed by atoms with E-state index in [0.717, 1.165) is 17.1 Å². The predicted molar refractivity (Wildman–Crippen MR) is 227 cm³/mol. The number of fused-ring (bicyclic) bond motifs is 11. The molecule has 11 rings (SSSR count). The summed E-state index contributed by atoms with van der Waals surface area (Å²) in [6.45, 7) is 4.70. The molecule has 2 heterocycles. The maximum Gasteiger partial charge on any atom is 0.0476 e. The zero-order chi connectivity index (χ0) is 34.6. The minimum atomic E-state index is -0.0349. The molecule has 0 saturated heterocycles. The highest BCUT2D eigenvalue weighted by atomic mass is 32.1. The molecular weight excluding hydrogens is 667 g/mol. The Morgan fingerprint density at radius 3 is 1.79 bits per heavy atom. The molecule has 0 amide bonds. The molecule has 0 fully saturated rings. The van der Waals surface area contributed by atoms with E-state index in [2.05, 4.69) is 183 Å². The molecule has 1 aliphatic carbocycles. The first-order valence-electron chi connectivity index (χ1n) is 17.9. The SMILES string of the molecule is CC1(C)c2ccccc2-c2cc(N(c3ccc(-c4cccc5c4ccc4c6ccccc6sc54)cc3)c3ccc4c(c3)sc3ccccc34)ccc21. The first-order valence-corrected chi connectivity index (χ1v) is 19.6. The van der Waals surface area contributed by atoms with E-state index >= 15 is 0 Å². The van der Waals surface area contributed by atoms with Crippen molar-refractivity contribution < 1.29 is 0 Å². The Morgan fingerprint density at radius 1 is 0.385 bits per heavy atom. The van der Waals surface area contributed by atoms with Crippen LogP contribution in [0.2, 0.25) is 0 Å². The zero-order valence-electron chi connectivity index (χ0n) is 28.9. The molecule has 10 aromatic rings. The molecular formula is C49H33NS2. The Hall–Kier alpha value is -5.74. The van der Waals surface area contributed by atoms with Gasteiger partial charge < -0.3 is 4.90 Å². The van der Waals surface area contributed by atoms with Crippen LogP contribution in [-0.4, -0.2) is 0 Å². The van der Waals surface area contributed by atoms with E-state index < -0.39 is 0 Å². The summed E-state index contributed by atoms with van der Waals surface area (Å²) in [6, 6.07) is 61.1. The lowest BCUT2D eigenvalue weighted by molar-refractivity contribution is 0.660. The maximum atomic E-state index is 2.44. The summed E-state index contributed by atoms with van der Waals surface area (Å²) in [7, 11) is 0. The third-order valence-electron chi connectivity index (χ3n) is 11.3. The fourth-order valence-corrected chi connectivity index (χ4v) is 11.1. The van der Waals surface area contributed by atoms with E-state index in [1.165, 1.54) is 84.5 Å². The van der Waals surface area contributed by atoms with Gasteiger partial charge >= 0.3 is 0 Å². The Balaban J connectivity index is 1.07. The molecule has 0 bridgehead atoms. The highest BCUT2D eigenvalue weighted by Gasteiger charge is 2.35. The Bertz CT molecular complexity index is 3050. The van der Waals surface area contributed by atoms with Gasteiger partial charge in [-0.25, -0.2) is 0 Å². The summed E-state index contributed by atoms with van der Waals surface area (Å²) < 4.78 is 5.33. The first-order chi connectivity index (χ1) is 25.5. The number of hydrogen-bond acceptors (Lipinski definition) is 3. The molecule has 0 atom stereocenters. The van der Waals surface area contributed by atoms with Gasteiger partial charge in [-0.05, 0) is 87.3 Å². The van der Waals surface area contributed by atoms with E-state index in [-0.39, 0.29) is 5.41 Å². The van der Waals surface area contributed by atoms with Gasteiger partial charge in [-0.15, -0.1) is 22.7 Å². The Kier molecular flexibility index (Phi) is 6.41. The third kappa shape index (κ3) is 4.33. The zero-order valence-corrected chi connectivity index (χ0v) is 30.5. The number of nitrogens with zero attached hydrogens (tertiary/aromatic N) is 1. The van der Waals surface area contributed by atoms with Crippen LogP contribution in [0.5, 0.6) is 0 Å². The van der Waals surface area contributed by atoms with Crippen LogP contribution >= 0.6 is 22.7 Å². The number of rotatable bonds is 4. The summed E-state index contributed by atoms with van der Waals surface area (Å²) in [5, 5.41) is 7.93. The summed E-state index contributed by atoms with van der Waals surface area (Å²) in [6.07, 6.45) is 0. The van der Waals surface area contributed by atoms with Crippen molar-refractivity contribution in [3.63, 3.8) is 0 Å². The first kappa shape index (κ1) is 29.9. The van der Waals surface area contributed by atoms with Crippen LogP contribution < -0.4 is 4.90 Å². The quantitative estimate of drug-likeness (QED) is 0.177. The second-order valence-corrected chi connectivity index (χ2v) is 16.6. The molecule has 246 valence electrons. The fraction of sp³-hybridized carbons (Fsp3) is 0.0612. The second kappa shape index (κ2) is 11.1. The molecule has 1 nitrogen and oxygen atoms in total. The van der Waals surface area contributed by atoms with Crippen molar-refractivity contribution >= 4 is 90.9 Å². The molecule has 3 heteroatoms. The van der Waals surface area contributed by atoms with Gasteiger partial charge in [0.1, 0.15) is 0 Å². The Labute approximate surface area is 310 Å². The molecule has 0 radical (unpaired) electrons. The average molecular weight is 700 g/mol. The standard InChI is InChI=1S/C49H33NS2/c1-49(2)43-15-6-3-10-36(43)42-28-32(23-27-44(42)49)50(33-22-24-39-37-11-4-7-16-45(37)51-47(39)29-33)31-20-18-30(19-21-31)34-13-9-14-40-35(34)25-26-41-38-12-5-8-17-46(38)52-48(40)41/h3-29H,1-2H3. The van der Waals surface area contributed by atoms with Crippen LogP contribution in [0.25, 0.3) is 73.4 Å². The van der Waals surface area contributed by atoms with Crippen LogP contribution in [0.3, 0.4) is 0 Å². The average Bonchev–Trinajstić information content (AvgIpc) is 3.83. The van der Waals surface area contributed by atoms with E-state index in [4.69, 9.17) is 0 Å². The van der Waals surface area contributed by atoms with Gasteiger partial charge in [0.2, 0.25) is 0 Å². The highest BCUT2D eigenvalue weighted by molar-refractivity contribution is 7.26. The van der Waals surface area contributed by atoms with Crippen molar-refractivity contribution in [1.29, 1.82) is 0 Å². The van der Waals surface area contributed by atoms with E-state index in [9.17, 15) is 0 Å². The summed E-state index contributed by atoms with van der Waals surface area (Å²) in [4.78, 5) is 2.44. The molecule has 8 aromatic carbocycles. The normalized spacial score (nSPS) is 13.3. The summed E-state index contributed by atoms with van der Waals surface area (Å²) >= 11 is 3.77. The number of anilines is 3. The largest absolute Gasteiger partial charge is 0.310 e. The van der Waals surface area contributed by atoms with Crippen molar-refractivity contribution in [2.24, 2.45) is 0 Å². The lowest BCUT2D eigenvalue weighted by atomic mass is 9.82. The lowest BCUT2D eigenvalue weighted by Gasteiger charge is -2.27. The molecule has 1 aliphatic rings. The van der Waals surface area contributed by atoms with Crippen LogP contribution in [0, 0.1) is 0 Å². The molecule has 0 unspecified atom stereocenters. The number of thiophene rings is 2. The van der Waals surface area contributed by atoms with Gasteiger partial charge in [0.15, 0.2) is 0 Å². The van der Waals surface area contributed by atoms with Gasteiger partial charge in [0, 0.05) is 68.2 Å². The summed E-state index contributed by atoms with van der Waals surface area (Å²) in [5.41, 5.74) is 11.4. The molecule has 0 aliphatic heterocycles. The van der Waals surface area contributed by atoms with Gasteiger partial charge in [0.05, 0.1) is 0 Å². The molecule has 0 N–H and O–H groups in total. The van der Waals surface area contributed by atoms with E-state index in [1.54, 1.807) is 0 Å². The monoisotopic (exact) mass is 699 g/mol. The van der Waals surface area contributed by atoms with Gasteiger partial charge in [0.25, 0.3) is 0 Å². The maximum absolute atomic E-state index is 2.44. The van der Waals surface area contributed by atoms with Crippen molar-refractivity contribution in [3.05, 3.63) is 175 Å². The van der Waals surface area contributed by atoms with Crippen molar-refractivity contribution in [2.45, 2.75) is 19.3 Å². The molecule has 0 spiro atoms. The summed E-state index contributed by atoms with van der Waals surface area (Å²) in [5.74, 6) is 0. The van der Waals surface area contributed by atoms with E-state index in [0.29, 0.717) is 0 Å². The highest BCUT2D eigenvalue weighted by Crippen LogP contribution is 2.51. The smallest absolute Gasteiger partial charge is 0.0476 e. The number of hydrogen-bond donors (Lipinski definition) is 0.